The molecule has 134 valence electrons. The van der Waals surface area contributed by atoms with Gasteiger partial charge in [-0.1, -0.05) is 43.3 Å². The Labute approximate surface area is 161 Å². The summed E-state index contributed by atoms with van der Waals surface area (Å²) in [6, 6.07) is 12.2. The molecule has 26 heavy (non-hydrogen) atoms. The van der Waals surface area contributed by atoms with Crippen LogP contribution in [-0.2, 0) is 0 Å². The van der Waals surface area contributed by atoms with Crippen molar-refractivity contribution in [3.63, 3.8) is 0 Å². The van der Waals surface area contributed by atoms with Gasteiger partial charge < -0.3 is 10.1 Å². The number of aryl methyl sites for hydroxylation is 1. The van der Waals surface area contributed by atoms with Gasteiger partial charge in [-0.3, -0.25) is 0 Å². The average Bonchev–Trinajstić information content (AvgIpc) is 3.01. The van der Waals surface area contributed by atoms with Gasteiger partial charge in [-0.25, -0.2) is 0 Å². The number of ether oxygens (including phenoxy) is 1. The van der Waals surface area contributed by atoms with Gasteiger partial charge in [0, 0.05) is 21.9 Å². The lowest BCUT2D eigenvalue weighted by atomic mass is 10.1. The standard InChI is InChI=1S/C19H20N4OS2/c1-3-4-11-25-19-21-18-16(22-23-19)13-7-5-6-8-14(13)20-17(24-18)15-10-9-12(2)26-15/h5-10,17,20H,3-4,11H2,1-2H3. The lowest BCUT2D eigenvalue weighted by molar-refractivity contribution is 0.229. The Morgan fingerprint density at radius 3 is 2.88 bits per heavy atom. The third-order valence-electron chi connectivity index (χ3n) is 4.08. The lowest BCUT2D eigenvalue weighted by Crippen LogP contribution is -2.15. The number of fused-ring (bicyclic) bond motifs is 3. The monoisotopic (exact) mass is 384 g/mol. The summed E-state index contributed by atoms with van der Waals surface area (Å²) in [5.74, 6) is 1.52. The van der Waals surface area contributed by atoms with Crippen LogP contribution in [0.25, 0.3) is 11.3 Å². The SMILES string of the molecule is CCCCSc1nnc2c(n1)OC(c1ccc(C)s1)Nc1ccccc1-2. The van der Waals surface area contributed by atoms with Gasteiger partial charge in [-0.15, -0.1) is 21.5 Å². The van der Waals surface area contributed by atoms with E-state index in [0.717, 1.165) is 34.7 Å². The molecule has 0 saturated heterocycles. The van der Waals surface area contributed by atoms with Crippen molar-refractivity contribution in [2.24, 2.45) is 0 Å². The maximum absolute atomic E-state index is 6.26. The molecule has 0 spiro atoms. The molecule has 0 aliphatic carbocycles. The summed E-state index contributed by atoms with van der Waals surface area (Å²) in [6.45, 7) is 4.27. The minimum atomic E-state index is -0.290. The Morgan fingerprint density at radius 2 is 2.08 bits per heavy atom. The fourth-order valence-corrected chi connectivity index (χ4v) is 4.46. The molecule has 1 unspecified atom stereocenters. The molecule has 0 fully saturated rings. The lowest BCUT2D eigenvalue weighted by Gasteiger charge is -2.17. The quantitative estimate of drug-likeness (QED) is 0.475. The maximum atomic E-state index is 6.26. The first kappa shape index (κ1) is 17.3. The van der Waals surface area contributed by atoms with E-state index in [9.17, 15) is 0 Å². The van der Waals surface area contributed by atoms with Crippen molar-refractivity contribution in [1.82, 2.24) is 15.2 Å². The summed E-state index contributed by atoms with van der Waals surface area (Å²) in [5, 5.41) is 12.9. The van der Waals surface area contributed by atoms with Crippen molar-refractivity contribution in [3.05, 3.63) is 46.2 Å². The number of benzene rings is 1. The van der Waals surface area contributed by atoms with Gasteiger partial charge in [0.15, 0.2) is 5.69 Å². The number of nitrogens with zero attached hydrogens (tertiary/aromatic N) is 3. The number of rotatable bonds is 5. The van der Waals surface area contributed by atoms with Crippen molar-refractivity contribution >= 4 is 28.8 Å². The number of thioether (sulfide) groups is 1. The summed E-state index contributed by atoms with van der Waals surface area (Å²) in [5.41, 5.74) is 2.62. The molecule has 4 rings (SSSR count). The second kappa shape index (κ2) is 7.63. The normalized spacial score (nSPS) is 15.4. The van der Waals surface area contributed by atoms with Crippen LogP contribution in [0.1, 0.15) is 35.7 Å². The summed E-state index contributed by atoms with van der Waals surface area (Å²) < 4.78 is 6.26. The highest BCUT2D eigenvalue weighted by molar-refractivity contribution is 7.99. The average molecular weight is 385 g/mol. The highest BCUT2D eigenvalue weighted by atomic mass is 32.2. The van der Waals surface area contributed by atoms with Crippen LogP contribution in [-0.4, -0.2) is 20.9 Å². The Hall–Kier alpha value is -2.12. The van der Waals surface area contributed by atoms with Gasteiger partial charge in [-0.05, 0) is 31.5 Å². The molecule has 1 atom stereocenters. The second-order valence-electron chi connectivity index (χ2n) is 6.09. The Balaban J connectivity index is 1.73. The van der Waals surface area contributed by atoms with E-state index in [4.69, 9.17) is 4.74 Å². The number of hydrogen-bond donors (Lipinski definition) is 1. The Morgan fingerprint density at radius 1 is 1.19 bits per heavy atom. The van der Waals surface area contributed by atoms with E-state index in [1.54, 1.807) is 23.1 Å². The van der Waals surface area contributed by atoms with Crippen LogP contribution in [0.15, 0.2) is 41.6 Å². The van der Waals surface area contributed by atoms with Crippen LogP contribution in [0.5, 0.6) is 5.88 Å². The summed E-state index contributed by atoms with van der Waals surface area (Å²) >= 11 is 3.34. The molecule has 0 amide bonds. The molecule has 1 N–H and O–H groups in total. The second-order valence-corrected chi connectivity index (χ2v) is 8.47. The van der Waals surface area contributed by atoms with E-state index < -0.39 is 0 Å². The minimum absolute atomic E-state index is 0.290. The van der Waals surface area contributed by atoms with Crippen LogP contribution >= 0.6 is 23.1 Å². The highest BCUT2D eigenvalue weighted by Crippen LogP contribution is 2.40. The molecule has 0 radical (unpaired) electrons. The van der Waals surface area contributed by atoms with E-state index in [1.807, 2.05) is 24.3 Å². The molecule has 0 bridgehead atoms. The molecule has 1 aliphatic heterocycles. The van der Waals surface area contributed by atoms with Crippen molar-refractivity contribution in [2.75, 3.05) is 11.1 Å². The summed E-state index contributed by atoms with van der Waals surface area (Å²) in [4.78, 5) is 7.02. The van der Waals surface area contributed by atoms with Gasteiger partial charge in [0.25, 0.3) is 0 Å². The van der Waals surface area contributed by atoms with E-state index >= 15 is 0 Å². The van der Waals surface area contributed by atoms with Gasteiger partial charge in [0.1, 0.15) is 0 Å². The molecule has 0 saturated carbocycles. The Bertz CT molecular complexity index is 912. The fraction of sp³-hybridized carbons (Fsp3) is 0.316. The third-order valence-corrected chi connectivity index (χ3v) is 6.05. The zero-order valence-corrected chi connectivity index (χ0v) is 16.4. The predicted molar refractivity (Wildman–Crippen MR) is 107 cm³/mol. The van der Waals surface area contributed by atoms with E-state index in [-0.39, 0.29) is 6.23 Å². The van der Waals surface area contributed by atoms with Crippen molar-refractivity contribution in [1.29, 1.82) is 0 Å². The molecular formula is C19H20N4OS2. The number of hydrogen-bond acceptors (Lipinski definition) is 7. The van der Waals surface area contributed by atoms with Gasteiger partial charge >= 0.3 is 0 Å². The van der Waals surface area contributed by atoms with E-state index in [2.05, 4.69) is 46.5 Å². The first-order valence-corrected chi connectivity index (χ1v) is 10.5. The maximum Gasteiger partial charge on any atom is 0.247 e. The number of aromatic nitrogens is 3. The number of nitrogens with one attached hydrogen (secondary N) is 1. The summed E-state index contributed by atoms with van der Waals surface area (Å²) in [7, 11) is 0. The first-order valence-electron chi connectivity index (χ1n) is 8.71. The predicted octanol–water partition coefficient (Wildman–Crippen LogP) is 5.30. The van der Waals surface area contributed by atoms with Gasteiger partial charge in [-0.2, -0.15) is 4.98 Å². The number of para-hydroxylation sites is 1. The first-order chi connectivity index (χ1) is 12.7. The van der Waals surface area contributed by atoms with Crippen LogP contribution in [0.4, 0.5) is 5.69 Å². The molecule has 3 heterocycles. The molecule has 5 nitrogen and oxygen atoms in total. The van der Waals surface area contributed by atoms with Gasteiger partial charge in [0.2, 0.25) is 17.3 Å². The smallest absolute Gasteiger partial charge is 0.247 e. The third kappa shape index (κ3) is 3.54. The zero-order chi connectivity index (χ0) is 17.9. The van der Waals surface area contributed by atoms with Crippen molar-refractivity contribution < 1.29 is 4.74 Å². The molecular weight excluding hydrogens is 364 g/mol. The van der Waals surface area contributed by atoms with Crippen LogP contribution in [0.3, 0.4) is 0 Å². The fourth-order valence-electron chi connectivity index (χ4n) is 2.74. The van der Waals surface area contributed by atoms with Crippen LogP contribution < -0.4 is 10.1 Å². The largest absolute Gasteiger partial charge is 0.447 e. The van der Waals surface area contributed by atoms with Crippen molar-refractivity contribution in [2.45, 2.75) is 38.1 Å². The van der Waals surface area contributed by atoms with E-state index in [0.29, 0.717) is 16.7 Å². The number of thiophene rings is 1. The van der Waals surface area contributed by atoms with Gasteiger partial charge in [0.05, 0.1) is 4.88 Å². The molecule has 7 heteroatoms. The zero-order valence-electron chi connectivity index (χ0n) is 14.7. The highest BCUT2D eigenvalue weighted by Gasteiger charge is 2.26. The molecule has 2 aromatic heterocycles. The van der Waals surface area contributed by atoms with Crippen LogP contribution in [0.2, 0.25) is 0 Å². The number of unbranched alkanes of at least 4 members (excludes halogenated alkanes) is 1. The molecule has 1 aliphatic rings. The summed E-state index contributed by atoms with van der Waals surface area (Å²) in [6.07, 6.45) is 1.99. The minimum Gasteiger partial charge on any atom is -0.447 e. The number of anilines is 1. The topological polar surface area (TPSA) is 59.9 Å². The Kier molecular flexibility index (Phi) is 5.08. The van der Waals surface area contributed by atoms with Crippen molar-refractivity contribution in [3.8, 4) is 17.1 Å². The van der Waals surface area contributed by atoms with Crippen LogP contribution in [0, 0.1) is 6.92 Å². The molecule has 3 aromatic rings. The van der Waals surface area contributed by atoms with E-state index in [1.165, 1.54) is 4.88 Å². The molecule has 1 aromatic carbocycles.